The molecule has 0 aliphatic rings. The molecule has 2 aromatic carbocycles. The average Bonchev–Trinajstić information content (AvgIpc) is 2.72. The molecule has 30 heavy (non-hydrogen) atoms. The van der Waals surface area contributed by atoms with Gasteiger partial charge in [-0.05, 0) is 24.5 Å². The fourth-order valence-electron chi connectivity index (χ4n) is 2.94. The maximum atomic E-state index is 12.6. The first-order chi connectivity index (χ1) is 14.3. The van der Waals surface area contributed by atoms with Crippen LogP contribution in [0.3, 0.4) is 0 Å². The van der Waals surface area contributed by atoms with E-state index in [1.807, 2.05) is 30.3 Å². The molecule has 0 bridgehead atoms. The van der Waals surface area contributed by atoms with Crippen molar-refractivity contribution < 1.29 is 24.6 Å². The molecule has 2 rings (SSSR count). The third-order valence-corrected chi connectivity index (χ3v) is 4.60. The normalized spacial score (nSPS) is 14.8. The lowest BCUT2D eigenvalue weighted by Gasteiger charge is -2.24. The number of carbonyl (C=O) groups is 3. The zero-order chi connectivity index (χ0) is 22.1. The van der Waals surface area contributed by atoms with E-state index in [2.05, 4.69) is 10.6 Å². The number of hydrogen-bond donors (Lipinski definition) is 5. The molecule has 0 aromatic heterocycles. The summed E-state index contributed by atoms with van der Waals surface area (Å²) in [6, 6.07) is 14.5. The van der Waals surface area contributed by atoms with Crippen LogP contribution in [0, 0.1) is 0 Å². The summed E-state index contributed by atoms with van der Waals surface area (Å²) in [5.41, 5.74) is 7.51. The number of aliphatic hydroxyl groups is 1. The third-order valence-electron chi connectivity index (χ3n) is 4.60. The summed E-state index contributed by atoms with van der Waals surface area (Å²) in [6.07, 6.45) is -0.924. The Morgan fingerprint density at radius 3 is 1.83 bits per heavy atom. The molecule has 160 valence electrons. The molecule has 2 aromatic rings. The maximum Gasteiger partial charge on any atom is 0.326 e. The lowest BCUT2D eigenvalue weighted by molar-refractivity contribution is -0.142. The number of aliphatic carboxylic acids is 1. The van der Waals surface area contributed by atoms with Gasteiger partial charge >= 0.3 is 5.97 Å². The van der Waals surface area contributed by atoms with E-state index >= 15 is 0 Å². The van der Waals surface area contributed by atoms with E-state index in [9.17, 15) is 24.6 Å². The van der Waals surface area contributed by atoms with Gasteiger partial charge < -0.3 is 26.6 Å². The minimum absolute atomic E-state index is 0.0654. The first-order valence-electron chi connectivity index (χ1n) is 9.63. The van der Waals surface area contributed by atoms with Gasteiger partial charge in [-0.2, -0.15) is 0 Å². The van der Waals surface area contributed by atoms with Gasteiger partial charge in [-0.25, -0.2) is 4.79 Å². The number of nitrogens with one attached hydrogen (secondary N) is 2. The van der Waals surface area contributed by atoms with Crippen LogP contribution in [0.1, 0.15) is 18.1 Å². The average molecular weight is 413 g/mol. The van der Waals surface area contributed by atoms with E-state index in [-0.39, 0.29) is 12.8 Å². The van der Waals surface area contributed by atoms with Gasteiger partial charge in [-0.1, -0.05) is 60.7 Å². The SMILES string of the molecule is C[C@@H](O)[C@H](NC(=O)[C@@H](N)Cc1ccccc1)C(=O)N[C@@H](Cc1ccccc1)C(=O)O. The number of benzene rings is 2. The van der Waals surface area contributed by atoms with Gasteiger partial charge in [0, 0.05) is 6.42 Å². The van der Waals surface area contributed by atoms with Crippen LogP contribution < -0.4 is 16.4 Å². The molecule has 0 aliphatic carbocycles. The Labute approximate surface area is 175 Å². The van der Waals surface area contributed by atoms with Gasteiger partial charge in [0.2, 0.25) is 11.8 Å². The van der Waals surface area contributed by atoms with E-state index < -0.39 is 42.0 Å². The molecule has 4 atom stereocenters. The van der Waals surface area contributed by atoms with Crippen molar-refractivity contribution in [2.75, 3.05) is 0 Å². The molecule has 0 unspecified atom stereocenters. The fourth-order valence-corrected chi connectivity index (χ4v) is 2.94. The standard InChI is InChI=1S/C22H27N3O5/c1-14(26)19(25-20(27)17(23)12-15-8-4-2-5-9-15)21(28)24-18(22(29)30)13-16-10-6-3-7-11-16/h2-11,14,17-19,26H,12-13,23H2,1H3,(H,24,28)(H,25,27)(H,29,30)/t14-,17+,18+,19+/m1/s1. The van der Waals surface area contributed by atoms with Crippen molar-refractivity contribution in [2.45, 2.75) is 44.0 Å². The van der Waals surface area contributed by atoms with Crippen molar-refractivity contribution in [3.05, 3.63) is 71.8 Å². The number of carboxylic acid groups (broad SMARTS) is 1. The number of nitrogens with two attached hydrogens (primary N) is 1. The summed E-state index contributed by atoms with van der Waals surface area (Å²) in [4.78, 5) is 36.6. The van der Waals surface area contributed by atoms with Gasteiger partial charge in [0.1, 0.15) is 12.1 Å². The quantitative estimate of drug-likeness (QED) is 0.378. The van der Waals surface area contributed by atoms with E-state index in [0.717, 1.165) is 11.1 Å². The lowest BCUT2D eigenvalue weighted by atomic mass is 10.0. The van der Waals surface area contributed by atoms with E-state index in [4.69, 9.17) is 5.73 Å². The first kappa shape index (κ1) is 23.1. The molecule has 0 saturated heterocycles. The van der Waals surface area contributed by atoms with Gasteiger partial charge in [-0.15, -0.1) is 0 Å². The molecular formula is C22H27N3O5. The molecule has 8 nitrogen and oxygen atoms in total. The zero-order valence-corrected chi connectivity index (χ0v) is 16.7. The van der Waals surface area contributed by atoms with Crippen molar-refractivity contribution >= 4 is 17.8 Å². The van der Waals surface area contributed by atoms with Gasteiger partial charge in [0.05, 0.1) is 12.1 Å². The van der Waals surface area contributed by atoms with Crippen LogP contribution in [0.5, 0.6) is 0 Å². The molecular weight excluding hydrogens is 386 g/mol. The number of rotatable bonds is 10. The smallest absolute Gasteiger partial charge is 0.326 e. The Hall–Kier alpha value is -3.23. The van der Waals surface area contributed by atoms with Crippen molar-refractivity contribution in [1.29, 1.82) is 0 Å². The summed E-state index contributed by atoms with van der Waals surface area (Å²) in [5, 5.41) is 24.2. The minimum atomic E-state index is -1.34. The van der Waals surface area contributed by atoms with Gasteiger partial charge in [-0.3, -0.25) is 9.59 Å². The number of hydrogen-bond acceptors (Lipinski definition) is 5. The van der Waals surface area contributed by atoms with Gasteiger partial charge in [0.25, 0.3) is 0 Å². The molecule has 0 aliphatic heterocycles. The van der Waals surface area contributed by atoms with Gasteiger partial charge in [0.15, 0.2) is 0 Å². The second-order valence-electron chi connectivity index (χ2n) is 7.11. The zero-order valence-electron chi connectivity index (χ0n) is 16.7. The number of aliphatic hydroxyl groups excluding tert-OH is 1. The Morgan fingerprint density at radius 2 is 1.37 bits per heavy atom. The molecule has 6 N–H and O–H groups in total. The molecule has 0 heterocycles. The molecule has 0 fully saturated rings. The van der Waals surface area contributed by atoms with Crippen LogP contribution >= 0.6 is 0 Å². The van der Waals surface area contributed by atoms with Crippen molar-refractivity contribution in [2.24, 2.45) is 5.73 Å². The third kappa shape index (κ3) is 6.98. The summed E-state index contributed by atoms with van der Waals surface area (Å²) in [6.45, 7) is 1.33. The van der Waals surface area contributed by atoms with Crippen LogP contribution in [-0.2, 0) is 27.2 Å². The Balaban J connectivity index is 2.01. The van der Waals surface area contributed by atoms with E-state index in [1.54, 1.807) is 30.3 Å². The van der Waals surface area contributed by atoms with E-state index in [0.29, 0.717) is 0 Å². The second-order valence-corrected chi connectivity index (χ2v) is 7.11. The molecule has 8 heteroatoms. The predicted octanol–water partition coefficient (Wildman–Crippen LogP) is 0.234. The highest BCUT2D eigenvalue weighted by Gasteiger charge is 2.31. The second kappa shape index (κ2) is 11.1. The highest BCUT2D eigenvalue weighted by atomic mass is 16.4. The number of amides is 2. The van der Waals surface area contributed by atoms with Crippen molar-refractivity contribution in [1.82, 2.24) is 10.6 Å². The summed E-state index contributed by atoms with van der Waals surface area (Å²) in [7, 11) is 0. The minimum Gasteiger partial charge on any atom is -0.480 e. The Bertz CT molecular complexity index is 842. The monoisotopic (exact) mass is 413 g/mol. The van der Waals surface area contributed by atoms with Crippen LogP contribution in [0.2, 0.25) is 0 Å². The van der Waals surface area contributed by atoms with Crippen LogP contribution in [0.15, 0.2) is 60.7 Å². The molecule has 2 amide bonds. The van der Waals surface area contributed by atoms with Crippen LogP contribution in [0.25, 0.3) is 0 Å². The van der Waals surface area contributed by atoms with Crippen LogP contribution in [0.4, 0.5) is 0 Å². The lowest BCUT2D eigenvalue weighted by Crippen LogP contribution is -2.58. The number of carboxylic acids is 1. The topological polar surface area (TPSA) is 142 Å². The molecule has 0 spiro atoms. The molecule has 0 radical (unpaired) electrons. The van der Waals surface area contributed by atoms with Crippen LogP contribution in [-0.4, -0.2) is 52.2 Å². The highest BCUT2D eigenvalue weighted by Crippen LogP contribution is 2.06. The fraction of sp³-hybridized carbons (Fsp3) is 0.318. The summed E-state index contributed by atoms with van der Waals surface area (Å²) in [5.74, 6) is -2.63. The Morgan fingerprint density at radius 1 is 0.867 bits per heavy atom. The summed E-state index contributed by atoms with van der Waals surface area (Å²) >= 11 is 0. The number of carbonyl (C=O) groups excluding carboxylic acids is 2. The van der Waals surface area contributed by atoms with E-state index in [1.165, 1.54) is 6.92 Å². The first-order valence-corrected chi connectivity index (χ1v) is 9.63. The maximum absolute atomic E-state index is 12.6. The largest absolute Gasteiger partial charge is 0.480 e. The Kier molecular flexibility index (Phi) is 8.52. The van der Waals surface area contributed by atoms with Crippen molar-refractivity contribution in [3.63, 3.8) is 0 Å². The highest BCUT2D eigenvalue weighted by molar-refractivity contribution is 5.92. The molecule has 0 saturated carbocycles. The summed E-state index contributed by atoms with van der Waals surface area (Å²) < 4.78 is 0. The van der Waals surface area contributed by atoms with Crippen molar-refractivity contribution in [3.8, 4) is 0 Å². The predicted molar refractivity (Wildman–Crippen MR) is 111 cm³/mol.